The molecule has 7 heteroatoms. The van der Waals surface area contributed by atoms with Crippen molar-refractivity contribution in [2.75, 3.05) is 52.4 Å². The van der Waals surface area contributed by atoms with Crippen LogP contribution in [-0.2, 0) is 11.3 Å². The summed E-state index contributed by atoms with van der Waals surface area (Å²) in [7, 11) is 4.88. The van der Waals surface area contributed by atoms with Crippen LogP contribution in [0.2, 0.25) is 0 Å². The average Bonchev–Trinajstić information content (AvgIpc) is 2.82. The molecule has 1 atom stereocenters. The third kappa shape index (κ3) is 5.16. The molecule has 1 saturated heterocycles. The Labute approximate surface area is 178 Å². The van der Waals surface area contributed by atoms with Gasteiger partial charge >= 0.3 is 0 Å². The third-order valence-corrected chi connectivity index (χ3v) is 5.59. The van der Waals surface area contributed by atoms with Crippen LogP contribution < -0.4 is 24.4 Å². The number of nitrogens with one attached hydrogen (secondary N) is 1. The maximum atomic E-state index is 12.7. The summed E-state index contributed by atoms with van der Waals surface area (Å²) in [6.45, 7) is 5.88. The van der Waals surface area contributed by atoms with Gasteiger partial charge in [-0.2, -0.15) is 0 Å². The minimum atomic E-state index is -0.178. The SMILES string of the molecule is COc1ccc(N2CCN([C@@H](C)C(=O)NCc3ccc(OC)c(OC)c3)CC2)cc1. The number of methoxy groups -OCH3 is 3. The predicted octanol–water partition coefficient (Wildman–Crippen LogP) is 2.54. The van der Waals surface area contributed by atoms with E-state index >= 15 is 0 Å². The Kier molecular flexibility index (Phi) is 7.41. The van der Waals surface area contributed by atoms with Gasteiger partial charge in [-0.15, -0.1) is 0 Å². The number of benzene rings is 2. The van der Waals surface area contributed by atoms with E-state index in [0.29, 0.717) is 18.0 Å². The Morgan fingerprint density at radius 2 is 1.60 bits per heavy atom. The van der Waals surface area contributed by atoms with Gasteiger partial charge in [0.05, 0.1) is 27.4 Å². The number of piperazine rings is 1. The average molecular weight is 414 g/mol. The molecule has 1 aliphatic heterocycles. The Hall–Kier alpha value is -2.93. The quantitative estimate of drug-likeness (QED) is 0.718. The van der Waals surface area contributed by atoms with Crippen molar-refractivity contribution < 1.29 is 19.0 Å². The van der Waals surface area contributed by atoms with Gasteiger partial charge in [-0.05, 0) is 48.9 Å². The van der Waals surface area contributed by atoms with E-state index in [1.54, 1.807) is 21.3 Å². The number of hydrogen-bond acceptors (Lipinski definition) is 6. The van der Waals surface area contributed by atoms with Crippen LogP contribution in [0.15, 0.2) is 42.5 Å². The fourth-order valence-electron chi connectivity index (χ4n) is 3.65. The number of ether oxygens (including phenoxy) is 3. The molecule has 2 aromatic carbocycles. The van der Waals surface area contributed by atoms with Gasteiger partial charge in [0.2, 0.25) is 5.91 Å². The topological polar surface area (TPSA) is 63.3 Å². The van der Waals surface area contributed by atoms with Crippen LogP contribution in [0.1, 0.15) is 12.5 Å². The highest BCUT2D eigenvalue weighted by molar-refractivity contribution is 5.81. The molecule has 0 radical (unpaired) electrons. The fraction of sp³-hybridized carbons (Fsp3) is 0.435. The second-order valence-electron chi connectivity index (χ2n) is 7.30. The van der Waals surface area contributed by atoms with Gasteiger partial charge in [0.25, 0.3) is 0 Å². The van der Waals surface area contributed by atoms with Gasteiger partial charge in [0.1, 0.15) is 5.75 Å². The van der Waals surface area contributed by atoms with E-state index in [1.165, 1.54) is 5.69 Å². The number of anilines is 1. The van der Waals surface area contributed by atoms with Crippen molar-refractivity contribution in [3.05, 3.63) is 48.0 Å². The van der Waals surface area contributed by atoms with Crippen LogP contribution in [-0.4, -0.2) is 64.4 Å². The van der Waals surface area contributed by atoms with Crippen LogP contribution in [0.3, 0.4) is 0 Å². The van der Waals surface area contributed by atoms with Crippen LogP contribution in [0.25, 0.3) is 0 Å². The monoisotopic (exact) mass is 413 g/mol. The molecule has 2 aromatic rings. The standard InChI is InChI=1S/C23H31N3O4/c1-17(23(27)24-16-18-5-10-21(29-3)22(15-18)30-4)25-11-13-26(14-12-25)19-6-8-20(28-2)9-7-19/h5-10,15,17H,11-14,16H2,1-4H3,(H,24,27)/t17-/m0/s1. The summed E-state index contributed by atoms with van der Waals surface area (Å²) in [6.07, 6.45) is 0. The molecule has 1 amide bonds. The molecule has 0 aliphatic carbocycles. The van der Waals surface area contributed by atoms with E-state index in [0.717, 1.165) is 37.5 Å². The minimum Gasteiger partial charge on any atom is -0.497 e. The Bertz CT molecular complexity index is 833. The molecule has 1 aliphatic rings. The van der Waals surface area contributed by atoms with Gasteiger partial charge < -0.3 is 24.4 Å². The Balaban J connectivity index is 1.49. The third-order valence-electron chi connectivity index (χ3n) is 5.59. The molecule has 0 saturated carbocycles. The molecule has 7 nitrogen and oxygen atoms in total. The first kappa shape index (κ1) is 21.8. The minimum absolute atomic E-state index is 0.0303. The van der Waals surface area contributed by atoms with Gasteiger partial charge in [0, 0.05) is 38.4 Å². The smallest absolute Gasteiger partial charge is 0.237 e. The number of rotatable bonds is 8. The van der Waals surface area contributed by atoms with E-state index < -0.39 is 0 Å². The fourth-order valence-corrected chi connectivity index (χ4v) is 3.65. The summed E-state index contributed by atoms with van der Waals surface area (Å²) in [5.41, 5.74) is 2.15. The number of hydrogen-bond donors (Lipinski definition) is 1. The Morgan fingerprint density at radius 1 is 0.933 bits per heavy atom. The molecular weight excluding hydrogens is 382 g/mol. The van der Waals surface area contributed by atoms with Crippen molar-refractivity contribution in [1.29, 1.82) is 0 Å². The lowest BCUT2D eigenvalue weighted by Crippen LogP contribution is -2.53. The molecule has 1 N–H and O–H groups in total. The van der Waals surface area contributed by atoms with Crippen molar-refractivity contribution >= 4 is 11.6 Å². The first-order chi connectivity index (χ1) is 14.5. The van der Waals surface area contributed by atoms with Crippen molar-refractivity contribution in [3.63, 3.8) is 0 Å². The molecule has 0 spiro atoms. The summed E-state index contributed by atoms with van der Waals surface area (Å²) in [4.78, 5) is 17.2. The normalized spacial score (nSPS) is 15.4. The number of carbonyl (C=O) groups is 1. The lowest BCUT2D eigenvalue weighted by atomic mass is 10.1. The van der Waals surface area contributed by atoms with Crippen LogP contribution >= 0.6 is 0 Å². The summed E-state index contributed by atoms with van der Waals surface area (Å²) < 4.78 is 15.8. The molecule has 3 rings (SSSR count). The predicted molar refractivity (Wildman–Crippen MR) is 118 cm³/mol. The molecule has 162 valence electrons. The molecule has 30 heavy (non-hydrogen) atoms. The van der Waals surface area contributed by atoms with Crippen LogP contribution in [0.4, 0.5) is 5.69 Å². The van der Waals surface area contributed by atoms with E-state index in [-0.39, 0.29) is 11.9 Å². The molecule has 1 fully saturated rings. The highest BCUT2D eigenvalue weighted by Gasteiger charge is 2.25. The van der Waals surface area contributed by atoms with E-state index in [1.807, 2.05) is 37.3 Å². The summed E-state index contributed by atoms with van der Waals surface area (Å²) in [5, 5.41) is 3.04. The lowest BCUT2D eigenvalue weighted by molar-refractivity contribution is -0.126. The summed E-state index contributed by atoms with van der Waals surface area (Å²) in [5.74, 6) is 2.22. The zero-order valence-corrected chi connectivity index (χ0v) is 18.2. The van der Waals surface area contributed by atoms with Gasteiger partial charge in [-0.1, -0.05) is 6.07 Å². The van der Waals surface area contributed by atoms with E-state index in [2.05, 4.69) is 27.2 Å². The molecule has 1 heterocycles. The molecule has 0 aromatic heterocycles. The highest BCUT2D eigenvalue weighted by atomic mass is 16.5. The first-order valence-corrected chi connectivity index (χ1v) is 10.2. The second-order valence-corrected chi connectivity index (χ2v) is 7.30. The maximum absolute atomic E-state index is 12.7. The van der Waals surface area contributed by atoms with E-state index in [9.17, 15) is 4.79 Å². The van der Waals surface area contributed by atoms with Crippen LogP contribution in [0, 0.1) is 0 Å². The number of nitrogens with zero attached hydrogens (tertiary/aromatic N) is 2. The summed E-state index contributed by atoms with van der Waals surface area (Å²) >= 11 is 0. The number of carbonyl (C=O) groups excluding carboxylic acids is 1. The van der Waals surface area contributed by atoms with Crippen molar-refractivity contribution in [3.8, 4) is 17.2 Å². The summed E-state index contributed by atoms with van der Waals surface area (Å²) in [6, 6.07) is 13.6. The van der Waals surface area contributed by atoms with Crippen molar-refractivity contribution in [2.45, 2.75) is 19.5 Å². The molecular formula is C23H31N3O4. The zero-order chi connectivity index (χ0) is 21.5. The molecule has 0 bridgehead atoms. The molecule has 0 unspecified atom stereocenters. The Morgan fingerprint density at radius 3 is 2.20 bits per heavy atom. The van der Waals surface area contributed by atoms with Crippen LogP contribution in [0.5, 0.6) is 17.2 Å². The van der Waals surface area contributed by atoms with Gasteiger partial charge in [-0.3, -0.25) is 9.69 Å². The second kappa shape index (κ2) is 10.2. The maximum Gasteiger partial charge on any atom is 0.237 e. The van der Waals surface area contributed by atoms with Crippen molar-refractivity contribution in [2.24, 2.45) is 0 Å². The largest absolute Gasteiger partial charge is 0.497 e. The van der Waals surface area contributed by atoms with Gasteiger partial charge in [0.15, 0.2) is 11.5 Å². The first-order valence-electron chi connectivity index (χ1n) is 10.2. The number of amides is 1. The van der Waals surface area contributed by atoms with Crippen molar-refractivity contribution in [1.82, 2.24) is 10.2 Å². The lowest BCUT2D eigenvalue weighted by Gasteiger charge is -2.38. The highest BCUT2D eigenvalue weighted by Crippen LogP contribution is 2.27. The zero-order valence-electron chi connectivity index (χ0n) is 18.2. The van der Waals surface area contributed by atoms with Gasteiger partial charge in [-0.25, -0.2) is 0 Å². The van der Waals surface area contributed by atoms with E-state index in [4.69, 9.17) is 14.2 Å².